The standard InChI is InChI=1S/C22H24N6O/c1-17-5-7-18(8-6-17)16-22(29)24-19-9-10-21(26-25-19)28-14-12-27(13-15-28)20-4-2-3-11-23-20/h2-11H,12-16H2,1H3,(H,24,25,29). The van der Waals surface area contributed by atoms with E-state index in [1.54, 1.807) is 6.07 Å². The van der Waals surface area contributed by atoms with Crippen molar-refractivity contribution >= 4 is 23.4 Å². The van der Waals surface area contributed by atoms with E-state index in [4.69, 9.17) is 0 Å². The molecule has 148 valence electrons. The van der Waals surface area contributed by atoms with Crippen molar-refractivity contribution in [1.29, 1.82) is 0 Å². The maximum atomic E-state index is 12.2. The van der Waals surface area contributed by atoms with Gasteiger partial charge in [0.25, 0.3) is 0 Å². The summed E-state index contributed by atoms with van der Waals surface area (Å²) in [6.07, 6.45) is 2.14. The second-order valence-electron chi connectivity index (χ2n) is 7.15. The molecule has 1 fully saturated rings. The third kappa shape index (κ3) is 4.87. The van der Waals surface area contributed by atoms with Crippen LogP contribution in [0.4, 0.5) is 17.5 Å². The summed E-state index contributed by atoms with van der Waals surface area (Å²) in [7, 11) is 0. The van der Waals surface area contributed by atoms with Crippen molar-refractivity contribution < 1.29 is 4.79 Å². The SMILES string of the molecule is Cc1ccc(CC(=O)Nc2ccc(N3CCN(c4ccccn4)CC3)nn2)cc1. The van der Waals surface area contributed by atoms with Crippen molar-refractivity contribution in [2.45, 2.75) is 13.3 Å². The van der Waals surface area contributed by atoms with Gasteiger partial charge in [-0.15, -0.1) is 10.2 Å². The predicted octanol–water partition coefficient (Wildman–Crippen LogP) is 2.69. The largest absolute Gasteiger partial charge is 0.353 e. The molecule has 0 radical (unpaired) electrons. The van der Waals surface area contributed by atoms with Crippen LogP contribution >= 0.6 is 0 Å². The van der Waals surface area contributed by atoms with Gasteiger partial charge >= 0.3 is 0 Å². The molecule has 1 amide bonds. The van der Waals surface area contributed by atoms with Gasteiger partial charge in [0.05, 0.1) is 6.42 Å². The number of nitrogens with zero attached hydrogens (tertiary/aromatic N) is 5. The molecule has 0 saturated carbocycles. The van der Waals surface area contributed by atoms with Gasteiger partial charge in [-0.25, -0.2) is 4.98 Å². The number of aromatic nitrogens is 3. The van der Waals surface area contributed by atoms with Crippen molar-refractivity contribution in [3.63, 3.8) is 0 Å². The number of hydrogen-bond acceptors (Lipinski definition) is 6. The quantitative estimate of drug-likeness (QED) is 0.724. The molecule has 0 atom stereocenters. The summed E-state index contributed by atoms with van der Waals surface area (Å²) in [6.45, 7) is 5.50. The molecular weight excluding hydrogens is 364 g/mol. The minimum atomic E-state index is -0.0973. The Bertz CT molecular complexity index is 935. The second-order valence-corrected chi connectivity index (χ2v) is 7.15. The lowest BCUT2D eigenvalue weighted by molar-refractivity contribution is -0.115. The molecule has 0 bridgehead atoms. The molecule has 1 N–H and O–H groups in total. The Hall–Kier alpha value is -3.48. The van der Waals surface area contributed by atoms with E-state index in [-0.39, 0.29) is 5.91 Å². The Labute approximate surface area is 170 Å². The highest BCUT2D eigenvalue weighted by Gasteiger charge is 2.19. The Balaban J connectivity index is 1.30. The van der Waals surface area contributed by atoms with Crippen molar-refractivity contribution in [3.05, 3.63) is 71.9 Å². The van der Waals surface area contributed by atoms with E-state index in [1.165, 1.54) is 5.56 Å². The average Bonchev–Trinajstić information content (AvgIpc) is 2.77. The predicted molar refractivity (Wildman–Crippen MR) is 114 cm³/mol. The maximum absolute atomic E-state index is 12.2. The number of amides is 1. The second kappa shape index (κ2) is 8.68. The average molecular weight is 388 g/mol. The van der Waals surface area contributed by atoms with Crippen LogP contribution in [0.2, 0.25) is 0 Å². The van der Waals surface area contributed by atoms with Gasteiger partial charge in [0.1, 0.15) is 5.82 Å². The fourth-order valence-corrected chi connectivity index (χ4v) is 3.34. The smallest absolute Gasteiger partial charge is 0.229 e. The fourth-order valence-electron chi connectivity index (χ4n) is 3.34. The van der Waals surface area contributed by atoms with E-state index in [0.29, 0.717) is 12.2 Å². The van der Waals surface area contributed by atoms with Gasteiger partial charge in [-0.05, 0) is 36.8 Å². The monoisotopic (exact) mass is 388 g/mol. The van der Waals surface area contributed by atoms with Crippen molar-refractivity contribution in [2.75, 3.05) is 41.3 Å². The van der Waals surface area contributed by atoms with E-state index in [1.807, 2.05) is 61.7 Å². The Morgan fingerprint density at radius 3 is 2.24 bits per heavy atom. The molecule has 0 spiro atoms. The molecule has 7 nitrogen and oxygen atoms in total. The molecule has 3 aromatic rings. The molecule has 4 rings (SSSR count). The lowest BCUT2D eigenvalue weighted by atomic mass is 10.1. The summed E-state index contributed by atoms with van der Waals surface area (Å²) in [5, 5.41) is 11.3. The van der Waals surface area contributed by atoms with Gasteiger partial charge in [-0.1, -0.05) is 35.9 Å². The number of carbonyl (C=O) groups excluding carboxylic acids is 1. The van der Waals surface area contributed by atoms with E-state index in [0.717, 1.165) is 43.4 Å². The zero-order chi connectivity index (χ0) is 20.1. The Morgan fingerprint density at radius 1 is 0.897 bits per heavy atom. The highest BCUT2D eigenvalue weighted by Crippen LogP contribution is 2.17. The van der Waals surface area contributed by atoms with Crippen molar-refractivity contribution in [1.82, 2.24) is 15.2 Å². The van der Waals surface area contributed by atoms with E-state index in [9.17, 15) is 4.79 Å². The van der Waals surface area contributed by atoms with Crippen LogP contribution in [0, 0.1) is 6.92 Å². The van der Waals surface area contributed by atoms with Crippen molar-refractivity contribution in [2.24, 2.45) is 0 Å². The number of carbonyl (C=O) groups is 1. The summed E-state index contributed by atoms with van der Waals surface area (Å²) in [4.78, 5) is 21.1. The van der Waals surface area contributed by atoms with E-state index < -0.39 is 0 Å². The first-order chi connectivity index (χ1) is 14.2. The molecule has 0 aliphatic carbocycles. The molecule has 29 heavy (non-hydrogen) atoms. The molecule has 1 aliphatic heterocycles. The summed E-state index contributed by atoms with van der Waals surface area (Å²) in [5.41, 5.74) is 2.15. The van der Waals surface area contributed by atoms with E-state index >= 15 is 0 Å². The number of piperazine rings is 1. The van der Waals surface area contributed by atoms with Gasteiger partial charge in [-0.3, -0.25) is 4.79 Å². The normalized spacial score (nSPS) is 14.0. The van der Waals surface area contributed by atoms with Crippen LogP contribution in [0.1, 0.15) is 11.1 Å². The summed E-state index contributed by atoms with van der Waals surface area (Å²) >= 11 is 0. The molecule has 1 aromatic carbocycles. The highest BCUT2D eigenvalue weighted by atomic mass is 16.1. The first-order valence-electron chi connectivity index (χ1n) is 9.77. The minimum absolute atomic E-state index is 0.0973. The number of rotatable bonds is 5. The lowest BCUT2D eigenvalue weighted by Crippen LogP contribution is -2.47. The molecule has 1 saturated heterocycles. The highest BCUT2D eigenvalue weighted by molar-refractivity contribution is 5.91. The molecule has 0 unspecified atom stereocenters. The van der Waals surface area contributed by atoms with Crippen LogP contribution in [-0.2, 0) is 11.2 Å². The third-order valence-electron chi connectivity index (χ3n) is 4.98. The minimum Gasteiger partial charge on any atom is -0.353 e. The first-order valence-corrected chi connectivity index (χ1v) is 9.77. The number of pyridine rings is 1. The summed E-state index contributed by atoms with van der Waals surface area (Å²) in [6, 6.07) is 17.6. The zero-order valence-electron chi connectivity index (χ0n) is 16.5. The molecule has 2 aromatic heterocycles. The van der Waals surface area contributed by atoms with Crippen LogP contribution in [0.15, 0.2) is 60.8 Å². The molecular formula is C22H24N6O. The van der Waals surface area contributed by atoms with Gasteiger partial charge in [0.2, 0.25) is 5.91 Å². The van der Waals surface area contributed by atoms with Gasteiger partial charge in [0.15, 0.2) is 11.6 Å². The topological polar surface area (TPSA) is 74.2 Å². The maximum Gasteiger partial charge on any atom is 0.229 e. The molecule has 1 aliphatic rings. The lowest BCUT2D eigenvalue weighted by Gasteiger charge is -2.35. The van der Waals surface area contributed by atoms with E-state index in [2.05, 4.69) is 30.3 Å². The van der Waals surface area contributed by atoms with Crippen LogP contribution in [0.3, 0.4) is 0 Å². The summed E-state index contributed by atoms with van der Waals surface area (Å²) < 4.78 is 0. The van der Waals surface area contributed by atoms with Crippen molar-refractivity contribution in [3.8, 4) is 0 Å². The fraction of sp³-hybridized carbons (Fsp3) is 0.273. The van der Waals surface area contributed by atoms with Gasteiger partial charge in [0, 0.05) is 32.4 Å². The first kappa shape index (κ1) is 18.9. The van der Waals surface area contributed by atoms with Gasteiger partial charge < -0.3 is 15.1 Å². The molecule has 3 heterocycles. The van der Waals surface area contributed by atoms with Crippen LogP contribution in [0.5, 0.6) is 0 Å². The zero-order valence-corrected chi connectivity index (χ0v) is 16.5. The third-order valence-corrected chi connectivity index (χ3v) is 4.98. The summed E-state index contributed by atoms with van der Waals surface area (Å²) in [5.74, 6) is 2.20. The Morgan fingerprint density at radius 2 is 1.62 bits per heavy atom. The number of anilines is 3. The number of benzene rings is 1. The number of nitrogens with one attached hydrogen (secondary N) is 1. The molecule has 7 heteroatoms. The number of hydrogen-bond donors (Lipinski definition) is 1. The van der Waals surface area contributed by atoms with Crippen LogP contribution < -0.4 is 15.1 Å². The van der Waals surface area contributed by atoms with Gasteiger partial charge in [-0.2, -0.15) is 0 Å². The van der Waals surface area contributed by atoms with Crippen LogP contribution in [0.25, 0.3) is 0 Å². The Kier molecular flexibility index (Phi) is 5.65. The van der Waals surface area contributed by atoms with Crippen LogP contribution in [-0.4, -0.2) is 47.3 Å². The number of aryl methyl sites for hydroxylation is 1.